The van der Waals surface area contributed by atoms with Crippen LogP contribution in [0, 0.1) is 17.5 Å². The van der Waals surface area contributed by atoms with Crippen molar-refractivity contribution in [3.63, 3.8) is 0 Å². The van der Waals surface area contributed by atoms with Gasteiger partial charge in [-0.2, -0.15) is 0 Å². The first-order chi connectivity index (χ1) is 9.60. The Morgan fingerprint density at radius 2 is 1.55 bits per heavy atom. The molecule has 2 aromatic carbocycles. The molecule has 1 N–H and O–H groups in total. The summed E-state index contributed by atoms with van der Waals surface area (Å²) in [5, 5.41) is 2.79. The van der Waals surface area contributed by atoms with Crippen molar-refractivity contribution in [2.24, 2.45) is 0 Å². The van der Waals surface area contributed by atoms with E-state index >= 15 is 0 Å². The van der Waals surface area contributed by atoms with Crippen molar-refractivity contribution in [3.05, 3.63) is 65.0 Å². The molecule has 0 aromatic heterocycles. The summed E-state index contributed by atoms with van der Waals surface area (Å²) in [5.41, 5.74) is 0.232. The fourth-order valence-corrected chi connectivity index (χ4v) is 2.13. The highest BCUT2D eigenvalue weighted by Gasteiger charge is 2.22. The van der Waals surface area contributed by atoms with E-state index in [2.05, 4.69) is 5.32 Å². The molecular formula is C15H14F3NO. The van der Waals surface area contributed by atoms with Gasteiger partial charge in [0.25, 0.3) is 0 Å². The molecule has 0 radical (unpaired) electrons. The van der Waals surface area contributed by atoms with Crippen LogP contribution in [0.1, 0.15) is 17.2 Å². The zero-order valence-electron chi connectivity index (χ0n) is 11.1. The van der Waals surface area contributed by atoms with Crippen LogP contribution in [0.15, 0.2) is 36.4 Å². The molecule has 0 amide bonds. The molecule has 0 aliphatic heterocycles. The van der Waals surface area contributed by atoms with E-state index in [9.17, 15) is 13.2 Å². The Kier molecular flexibility index (Phi) is 4.29. The molecule has 0 aliphatic rings. The number of rotatable bonds is 4. The Balaban J connectivity index is 2.56. The molecule has 0 spiro atoms. The molecule has 106 valence electrons. The summed E-state index contributed by atoms with van der Waals surface area (Å²) in [6, 6.07) is 7.58. The van der Waals surface area contributed by atoms with Crippen molar-refractivity contribution >= 4 is 0 Å². The molecule has 2 aromatic rings. The average Bonchev–Trinajstić information content (AvgIpc) is 2.46. The number of ether oxygens (including phenoxy) is 1. The van der Waals surface area contributed by atoms with Gasteiger partial charge in [0.1, 0.15) is 0 Å². The SMILES string of the molecule is CNC(c1cccc(F)c1F)c1cccc(OC)c1F. The number of halogens is 3. The molecule has 2 nitrogen and oxygen atoms in total. The van der Waals surface area contributed by atoms with E-state index in [1.165, 1.54) is 31.4 Å². The van der Waals surface area contributed by atoms with Gasteiger partial charge >= 0.3 is 0 Å². The van der Waals surface area contributed by atoms with Crippen LogP contribution < -0.4 is 10.1 Å². The van der Waals surface area contributed by atoms with Crippen LogP contribution in [0.3, 0.4) is 0 Å². The van der Waals surface area contributed by atoms with Crippen molar-refractivity contribution in [2.75, 3.05) is 14.2 Å². The zero-order chi connectivity index (χ0) is 14.7. The maximum absolute atomic E-state index is 14.2. The summed E-state index contributed by atoms with van der Waals surface area (Å²) in [4.78, 5) is 0. The minimum Gasteiger partial charge on any atom is -0.494 e. The smallest absolute Gasteiger partial charge is 0.170 e. The molecule has 20 heavy (non-hydrogen) atoms. The van der Waals surface area contributed by atoms with Gasteiger partial charge in [-0.3, -0.25) is 0 Å². The van der Waals surface area contributed by atoms with E-state index in [0.717, 1.165) is 6.07 Å². The molecule has 0 saturated heterocycles. The highest BCUT2D eigenvalue weighted by molar-refractivity contribution is 5.39. The second kappa shape index (κ2) is 5.96. The number of nitrogens with one attached hydrogen (secondary N) is 1. The van der Waals surface area contributed by atoms with E-state index in [-0.39, 0.29) is 16.9 Å². The minimum absolute atomic E-state index is 0.0413. The Labute approximate surface area is 115 Å². The lowest BCUT2D eigenvalue weighted by Crippen LogP contribution is -2.21. The van der Waals surface area contributed by atoms with Crippen molar-refractivity contribution in [3.8, 4) is 5.75 Å². The lowest BCUT2D eigenvalue weighted by atomic mass is 9.97. The average molecular weight is 281 g/mol. The summed E-state index contributed by atoms with van der Waals surface area (Å²) in [6.45, 7) is 0. The van der Waals surface area contributed by atoms with Crippen LogP contribution in [0.5, 0.6) is 5.75 Å². The first-order valence-corrected chi connectivity index (χ1v) is 6.03. The van der Waals surface area contributed by atoms with E-state index in [1.807, 2.05) is 0 Å². The number of benzene rings is 2. The van der Waals surface area contributed by atoms with Crippen molar-refractivity contribution in [1.29, 1.82) is 0 Å². The Hall–Kier alpha value is -2.01. The fourth-order valence-electron chi connectivity index (χ4n) is 2.13. The van der Waals surface area contributed by atoms with Crippen molar-refractivity contribution in [2.45, 2.75) is 6.04 Å². The van der Waals surface area contributed by atoms with Gasteiger partial charge in [-0.25, -0.2) is 13.2 Å². The highest BCUT2D eigenvalue weighted by atomic mass is 19.2. The van der Waals surface area contributed by atoms with Crippen LogP contribution >= 0.6 is 0 Å². The number of methoxy groups -OCH3 is 1. The molecular weight excluding hydrogens is 267 g/mol. The monoisotopic (exact) mass is 281 g/mol. The van der Waals surface area contributed by atoms with Gasteiger partial charge in [0.05, 0.1) is 13.2 Å². The maximum Gasteiger partial charge on any atom is 0.170 e. The van der Waals surface area contributed by atoms with Gasteiger partial charge in [-0.1, -0.05) is 24.3 Å². The van der Waals surface area contributed by atoms with E-state index in [0.29, 0.717) is 0 Å². The van der Waals surface area contributed by atoms with Crippen LogP contribution in [-0.4, -0.2) is 14.2 Å². The van der Waals surface area contributed by atoms with E-state index < -0.39 is 23.5 Å². The standard InChI is InChI=1S/C15H14F3NO/c1-19-15(9-5-3-7-11(16)13(9)17)10-6-4-8-12(20-2)14(10)18/h3-8,15,19H,1-2H3. The van der Waals surface area contributed by atoms with Gasteiger partial charge in [0, 0.05) is 11.1 Å². The summed E-state index contributed by atoms with van der Waals surface area (Å²) < 4.78 is 46.3. The highest BCUT2D eigenvalue weighted by Crippen LogP contribution is 2.30. The topological polar surface area (TPSA) is 21.3 Å². The van der Waals surface area contributed by atoms with Crippen LogP contribution in [0.2, 0.25) is 0 Å². The molecule has 0 saturated carbocycles. The number of hydrogen-bond donors (Lipinski definition) is 1. The van der Waals surface area contributed by atoms with Gasteiger partial charge in [0.2, 0.25) is 0 Å². The summed E-state index contributed by atoms with van der Waals surface area (Å²) >= 11 is 0. The van der Waals surface area contributed by atoms with Gasteiger partial charge in [-0.05, 0) is 19.2 Å². The lowest BCUT2D eigenvalue weighted by molar-refractivity contribution is 0.381. The van der Waals surface area contributed by atoms with Gasteiger partial charge in [0.15, 0.2) is 23.2 Å². The minimum atomic E-state index is -0.992. The number of hydrogen-bond acceptors (Lipinski definition) is 2. The van der Waals surface area contributed by atoms with Crippen LogP contribution in [0.4, 0.5) is 13.2 Å². The second-order valence-electron chi connectivity index (χ2n) is 4.23. The molecule has 2 rings (SSSR count). The Morgan fingerprint density at radius 3 is 2.15 bits per heavy atom. The van der Waals surface area contributed by atoms with Crippen LogP contribution in [-0.2, 0) is 0 Å². The lowest BCUT2D eigenvalue weighted by Gasteiger charge is -2.19. The van der Waals surface area contributed by atoms with Crippen molar-refractivity contribution < 1.29 is 17.9 Å². The molecule has 0 bridgehead atoms. The molecule has 1 atom stereocenters. The maximum atomic E-state index is 14.2. The predicted molar refractivity (Wildman–Crippen MR) is 70.2 cm³/mol. The third kappa shape index (κ3) is 2.49. The Morgan fingerprint density at radius 1 is 0.950 bits per heavy atom. The molecule has 5 heteroatoms. The second-order valence-corrected chi connectivity index (χ2v) is 4.23. The predicted octanol–water partition coefficient (Wildman–Crippen LogP) is 3.42. The summed E-state index contributed by atoms with van der Waals surface area (Å²) in [6.07, 6.45) is 0. The third-order valence-corrected chi connectivity index (χ3v) is 3.11. The first kappa shape index (κ1) is 14.4. The quantitative estimate of drug-likeness (QED) is 0.927. The molecule has 0 aliphatic carbocycles. The molecule has 0 heterocycles. The third-order valence-electron chi connectivity index (χ3n) is 3.11. The Bertz CT molecular complexity index is 616. The summed E-state index contributed by atoms with van der Waals surface area (Å²) in [5.74, 6) is -2.50. The van der Waals surface area contributed by atoms with Gasteiger partial charge in [-0.15, -0.1) is 0 Å². The fraction of sp³-hybridized carbons (Fsp3) is 0.200. The van der Waals surface area contributed by atoms with E-state index in [4.69, 9.17) is 4.74 Å². The summed E-state index contributed by atoms with van der Waals surface area (Å²) in [7, 11) is 2.90. The first-order valence-electron chi connectivity index (χ1n) is 6.03. The van der Waals surface area contributed by atoms with E-state index in [1.54, 1.807) is 13.1 Å². The molecule has 0 fully saturated rings. The largest absolute Gasteiger partial charge is 0.494 e. The molecule has 1 unspecified atom stereocenters. The van der Waals surface area contributed by atoms with Crippen molar-refractivity contribution in [1.82, 2.24) is 5.32 Å². The van der Waals surface area contributed by atoms with Crippen LogP contribution in [0.25, 0.3) is 0 Å². The van der Waals surface area contributed by atoms with Gasteiger partial charge < -0.3 is 10.1 Å². The zero-order valence-corrected chi connectivity index (χ0v) is 11.1. The normalized spacial score (nSPS) is 12.2.